The Kier molecular flexibility index (Phi) is 3.36. The van der Waals surface area contributed by atoms with E-state index in [2.05, 4.69) is 13.8 Å². The number of hydrogen-bond donors (Lipinski definition) is 0. The zero-order valence-electron chi connectivity index (χ0n) is 7.41. The van der Waals surface area contributed by atoms with E-state index in [1.807, 2.05) is 0 Å². The molecule has 0 aromatic rings. The smallest absolute Gasteiger partial charge is 0.421 e. The maximum Gasteiger partial charge on any atom is 0.425 e. The van der Waals surface area contributed by atoms with Crippen LogP contribution in [0.1, 0.15) is 20.3 Å². The topological polar surface area (TPSA) is 21.7 Å². The fourth-order valence-electron chi connectivity index (χ4n) is 1.30. The molecular weight excluding hydrogens is 141 g/mol. The fraction of sp³-hybridized carbons (Fsp3) is 1.00. The van der Waals surface area contributed by atoms with Crippen molar-refractivity contribution in [2.24, 2.45) is 5.92 Å². The minimum absolute atomic E-state index is 0.403. The first-order valence-corrected chi connectivity index (χ1v) is 4.01. The first kappa shape index (κ1) is 9.04. The second-order valence-corrected chi connectivity index (χ2v) is 3.26. The molecule has 0 bridgehead atoms. The highest BCUT2D eigenvalue weighted by molar-refractivity contribution is 6.23. The molecule has 1 radical (unpaired) electrons. The van der Waals surface area contributed by atoms with E-state index in [1.54, 1.807) is 19.7 Å². The Morgan fingerprint density at radius 2 is 2.45 bits per heavy atom. The fourth-order valence-corrected chi connectivity index (χ4v) is 1.30. The van der Waals surface area contributed by atoms with Crippen molar-refractivity contribution in [1.82, 2.24) is 4.97 Å². The van der Waals surface area contributed by atoms with Gasteiger partial charge >= 0.3 is 7.62 Å². The summed E-state index contributed by atoms with van der Waals surface area (Å²) in [6, 6.07) is 0.403. The third kappa shape index (κ3) is 2.47. The quantitative estimate of drug-likeness (QED) is 0.565. The van der Waals surface area contributed by atoms with E-state index in [0.717, 1.165) is 13.0 Å². The minimum atomic E-state index is 0.403. The Morgan fingerprint density at radius 1 is 1.73 bits per heavy atom. The largest absolute Gasteiger partial charge is 0.425 e. The standard InChI is InChI=1S/C7H15BNO2/c1-6(2)4-7-5-11-8-9(7)10-3/h6-7H,4-5H2,1-3H3/t7-/m1/s1. The summed E-state index contributed by atoms with van der Waals surface area (Å²) < 4.78 is 5.14. The molecule has 1 saturated heterocycles. The first-order chi connectivity index (χ1) is 5.24. The van der Waals surface area contributed by atoms with Gasteiger partial charge in [-0.3, -0.25) is 0 Å². The van der Waals surface area contributed by atoms with E-state index >= 15 is 0 Å². The van der Waals surface area contributed by atoms with Gasteiger partial charge in [0.25, 0.3) is 0 Å². The predicted molar refractivity (Wildman–Crippen MR) is 43.8 cm³/mol. The van der Waals surface area contributed by atoms with Crippen molar-refractivity contribution in [2.75, 3.05) is 13.7 Å². The Labute approximate surface area is 68.9 Å². The predicted octanol–water partition coefficient (Wildman–Crippen LogP) is 0.829. The van der Waals surface area contributed by atoms with Gasteiger partial charge in [-0.1, -0.05) is 13.8 Å². The van der Waals surface area contributed by atoms with E-state index in [4.69, 9.17) is 9.49 Å². The highest BCUT2D eigenvalue weighted by Crippen LogP contribution is 2.15. The van der Waals surface area contributed by atoms with E-state index in [-0.39, 0.29) is 0 Å². The number of rotatable bonds is 3. The molecule has 0 amide bonds. The van der Waals surface area contributed by atoms with Crippen LogP contribution in [0.15, 0.2) is 0 Å². The monoisotopic (exact) mass is 156 g/mol. The first-order valence-electron chi connectivity index (χ1n) is 4.01. The molecule has 4 heteroatoms. The average molecular weight is 156 g/mol. The summed E-state index contributed by atoms with van der Waals surface area (Å²) in [6.45, 7) is 5.16. The van der Waals surface area contributed by atoms with Gasteiger partial charge < -0.3 is 9.49 Å². The lowest BCUT2D eigenvalue weighted by molar-refractivity contribution is -0.0774. The van der Waals surface area contributed by atoms with Gasteiger partial charge in [0.2, 0.25) is 0 Å². The maximum absolute atomic E-state index is 5.14. The van der Waals surface area contributed by atoms with E-state index in [1.165, 1.54) is 0 Å². The van der Waals surface area contributed by atoms with Crippen molar-refractivity contribution in [3.63, 3.8) is 0 Å². The third-order valence-electron chi connectivity index (χ3n) is 1.78. The van der Waals surface area contributed by atoms with Gasteiger partial charge in [-0.05, 0) is 12.3 Å². The summed E-state index contributed by atoms with van der Waals surface area (Å²) in [5, 5.41) is 0. The molecular formula is C7H15BNO2. The molecule has 1 aliphatic heterocycles. The Morgan fingerprint density at radius 3 is 3.00 bits per heavy atom. The molecule has 63 valence electrons. The SMILES string of the molecule is CON1[B]OC[C@H]1CC(C)C. The van der Waals surface area contributed by atoms with Gasteiger partial charge in [-0.2, -0.15) is 4.97 Å². The van der Waals surface area contributed by atoms with Crippen LogP contribution >= 0.6 is 0 Å². The molecule has 3 nitrogen and oxygen atoms in total. The minimum Gasteiger partial charge on any atom is -0.421 e. The van der Waals surface area contributed by atoms with Crippen LogP contribution in [0.25, 0.3) is 0 Å². The van der Waals surface area contributed by atoms with Crippen LogP contribution in [0.4, 0.5) is 0 Å². The summed E-state index contributed by atoms with van der Waals surface area (Å²) in [5.41, 5.74) is 0. The van der Waals surface area contributed by atoms with Crippen LogP contribution in [0.3, 0.4) is 0 Å². The van der Waals surface area contributed by atoms with Gasteiger partial charge in [-0.25, -0.2) is 0 Å². The van der Waals surface area contributed by atoms with Gasteiger partial charge in [0.1, 0.15) is 0 Å². The normalized spacial score (nSPS) is 26.0. The lowest BCUT2D eigenvalue weighted by atomic mass is 10.0. The second-order valence-electron chi connectivity index (χ2n) is 3.26. The van der Waals surface area contributed by atoms with Crippen molar-refractivity contribution in [3.8, 4) is 0 Å². The van der Waals surface area contributed by atoms with Crippen molar-refractivity contribution in [1.29, 1.82) is 0 Å². The summed E-state index contributed by atoms with van der Waals surface area (Å²) >= 11 is 0. The highest BCUT2D eigenvalue weighted by atomic mass is 16.7. The lowest BCUT2D eigenvalue weighted by Crippen LogP contribution is -2.32. The molecule has 1 rings (SSSR count). The molecule has 0 saturated carbocycles. The molecule has 0 aromatic carbocycles. The molecule has 0 spiro atoms. The van der Waals surface area contributed by atoms with Gasteiger partial charge in [0, 0.05) is 12.6 Å². The van der Waals surface area contributed by atoms with Crippen LogP contribution in [0.5, 0.6) is 0 Å². The van der Waals surface area contributed by atoms with E-state index in [0.29, 0.717) is 12.0 Å². The zero-order chi connectivity index (χ0) is 8.27. The number of hydrogen-bond acceptors (Lipinski definition) is 3. The molecule has 0 aromatic heterocycles. The van der Waals surface area contributed by atoms with Crippen molar-refractivity contribution in [2.45, 2.75) is 26.3 Å². The molecule has 1 aliphatic rings. The van der Waals surface area contributed by atoms with Gasteiger partial charge in [0.15, 0.2) is 0 Å². The Hall–Kier alpha value is -0.0551. The maximum atomic E-state index is 5.14. The van der Waals surface area contributed by atoms with E-state index in [9.17, 15) is 0 Å². The molecule has 11 heavy (non-hydrogen) atoms. The summed E-state index contributed by atoms with van der Waals surface area (Å²) in [5.74, 6) is 0.688. The number of hydroxylamine groups is 1. The van der Waals surface area contributed by atoms with Crippen LogP contribution < -0.4 is 0 Å². The molecule has 0 N–H and O–H groups in total. The van der Waals surface area contributed by atoms with Crippen molar-refractivity contribution < 1.29 is 9.49 Å². The van der Waals surface area contributed by atoms with E-state index < -0.39 is 0 Å². The van der Waals surface area contributed by atoms with Gasteiger partial charge in [0.05, 0.1) is 7.11 Å². The molecule has 0 aliphatic carbocycles. The summed E-state index contributed by atoms with van der Waals surface area (Å²) in [7, 11) is 3.31. The summed E-state index contributed by atoms with van der Waals surface area (Å²) in [4.78, 5) is 6.86. The molecule has 1 fully saturated rings. The zero-order valence-corrected chi connectivity index (χ0v) is 7.41. The molecule has 0 unspecified atom stereocenters. The third-order valence-corrected chi connectivity index (χ3v) is 1.78. The number of nitrogens with zero attached hydrogens (tertiary/aromatic N) is 1. The van der Waals surface area contributed by atoms with Crippen LogP contribution in [0.2, 0.25) is 0 Å². The van der Waals surface area contributed by atoms with Crippen LogP contribution in [0, 0.1) is 5.92 Å². The summed E-state index contributed by atoms with van der Waals surface area (Å²) in [6.07, 6.45) is 1.12. The Balaban J connectivity index is 2.31. The average Bonchev–Trinajstić information content (AvgIpc) is 2.34. The molecule has 1 atom stereocenters. The highest BCUT2D eigenvalue weighted by Gasteiger charge is 2.27. The Bertz CT molecular complexity index is 121. The van der Waals surface area contributed by atoms with Crippen molar-refractivity contribution in [3.05, 3.63) is 0 Å². The molecule has 1 heterocycles. The van der Waals surface area contributed by atoms with Gasteiger partial charge in [-0.15, -0.1) is 0 Å². The van der Waals surface area contributed by atoms with Crippen LogP contribution in [-0.2, 0) is 9.49 Å². The van der Waals surface area contributed by atoms with Crippen LogP contribution in [-0.4, -0.2) is 32.4 Å². The lowest BCUT2D eigenvalue weighted by Gasteiger charge is -2.20. The second kappa shape index (κ2) is 4.09. The van der Waals surface area contributed by atoms with Crippen molar-refractivity contribution >= 4 is 7.62 Å².